The Kier molecular flexibility index (Phi) is 2.97. The van der Waals surface area contributed by atoms with Gasteiger partial charge in [0.05, 0.1) is 11.9 Å². The van der Waals surface area contributed by atoms with E-state index in [2.05, 4.69) is 15.0 Å². The Balaban J connectivity index is 1.99. The highest BCUT2D eigenvalue weighted by Crippen LogP contribution is 2.21. The third-order valence-corrected chi connectivity index (χ3v) is 3.02. The Hall–Kier alpha value is -2.27. The van der Waals surface area contributed by atoms with Gasteiger partial charge >= 0.3 is 0 Å². The number of nitrogens with zero attached hydrogens (tertiary/aromatic N) is 1. The van der Waals surface area contributed by atoms with Crippen molar-refractivity contribution in [1.29, 1.82) is 0 Å². The second kappa shape index (κ2) is 4.78. The summed E-state index contributed by atoms with van der Waals surface area (Å²) in [6.07, 6.45) is 3.50. The maximum Gasteiger partial charge on any atom is 0.137 e. The molecule has 0 aliphatic carbocycles. The summed E-state index contributed by atoms with van der Waals surface area (Å²) in [6, 6.07) is 10.0. The Morgan fingerprint density at radius 3 is 2.58 bits per heavy atom. The summed E-state index contributed by atoms with van der Waals surface area (Å²) in [5.41, 5.74) is 2.65. The number of hydrogen-bond donors (Lipinski definition) is 2. The number of pyridine rings is 1. The van der Waals surface area contributed by atoms with Crippen LogP contribution < -0.4 is 0 Å². The quantitative estimate of drug-likeness (QED) is 0.693. The standard InChI is InChI=1S/C14H10FN3S/c15-11-3-1-9(2-4-11)12-8-17-14(18-12)10-5-6-16-13(19)7-10/h1-8H,(H,16,19)(H,17,18). The molecule has 3 nitrogen and oxygen atoms in total. The van der Waals surface area contributed by atoms with Gasteiger partial charge in [-0.05, 0) is 42.0 Å². The number of rotatable bonds is 2. The van der Waals surface area contributed by atoms with Crippen LogP contribution in [0.4, 0.5) is 4.39 Å². The topological polar surface area (TPSA) is 44.5 Å². The highest BCUT2D eigenvalue weighted by atomic mass is 32.1. The Labute approximate surface area is 114 Å². The van der Waals surface area contributed by atoms with E-state index >= 15 is 0 Å². The van der Waals surface area contributed by atoms with E-state index in [9.17, 15) is 4.39 Å². The van der Waals surface area contributed by atoms with Crippen LogP contribution >= 0.6 is 12.2 Å². The zero-order valence-corrected chi connectivity index (χ0v) is 10.7. The van der Waals surface area contributed by atoms with Gasteiger partial charge in [-0.3, -0.25) is 0 Å². The summed E-state index contributed by atoms with van der Waals surface area (Å²) in [5, 5.41) is 0. The van der Waals surface area contributed by atoms with E-state index in [0.717, 1.165) is 22.6 Å². The normalized spacial score (nSPS) is 10.6. The summed E-state index contributed by atoms with van der Waals surface area (Å²) in [6.45, 7) is 0. The zero-order valence-electron chi connectivity index (χ0n) is 9.85. The van der Waals surface area contributed by atoms with Gasteiger partial charge in [0, 0.05) is 11.8 Å². The predicted octanol–water partition coefficient (Wildman–Crippen LogP) is 3.94. The molecule has 94 valence electrons. The first-order valence-corrected chi connectivity index (χ1v) is 6.13. The fourth-order valence-electron chi connectivity index (χ4n) is 1.84. The van der Waals surface area contributed by atoms with Crippen LogP contribution in [0.15, 0.2) is 48.8 Å². The molecule has 2 heterocycles. The number of benzene rings is 1. The van der Waals surface area contributed by atoms with Gasteiger partial charge in [-0.15, -0.1) is 0 Å². The monoisotopic (exact) mass is 271 g/mol. The maximum atomic E-state index is 12.9. The van der Waals surface area contributed by atoms with Gasteiger partial charge in [0.2, 0.25) is 0 Å². The summed E-state index contributed by atoms with van der Waals surface area (Å²) < 4.78 is 13.5. The minimum atomic E-state index is -0.252. The molecule has 0 radical (unpaired) electrons. The van der Waals surface area contributed by atoms with Crippen LogP contribution in [0.25, 0.3) is 22.6 Å². The molecule has 2 aromatic heterocycles. The lowest BCUT2D eigenvalue weighted by Crippen LogP contribution is -1.83. The molecule has 0 fully saturated rings. The van der Waals surface area contributed by atoms with Gasteiger partial charge in [0.25, 0.3) is 0 Å². The number of aromatic amines is 2. The third kappa shape index (κ3) is 2.46. The number of hydrogen-bond acceptors (Lipinski definition) is 2. The number of nitrogens with one attached hydrogen (secondary N) is 2. The van der Waals surface area contributed by atoms with E-state index in [1.807, 2.05) is 12.1 Å². The van der Waals surface area contributed by atoms with Crippen LogP contribution in [0.5, 0.6) is 0 Å². The van der Waals surface area contributed by atoms with Gasteiger partial charge in [-0.25, -0.2) is 9.37 Å². The zero-order chi connectivity index (χ0) is 13.2. The molecule has 0 unspecified atom stereocenters. The van der Waals surface area contributed by atoms with Crippen molar-refractivity contribution >= 4 is 12.2 Å². The fraction of sp³-hybridized carbons (Fsp3) is 0. The maximum absolute atomic E-state index is 12.9. The first kappa shape index (κ1) is 11.8. The van der Waals surface area contributed by atoms with Crippen molar-refractivity contribution in [3.05, 3.63) is 59.2 Å². The second-order valence-corrected chi connectivity index (χ2v) is 4.53. The Morgan fingerprint density at radius 2 is 1.84 bits per heavy atom. The molecule has 5 heteroatoms. The Morgan fingerprint density at radius 1 is 1.05 bits per heavy atom. The SMILES string of the molecule is Fc1ccc(-c2cnc(-c3cc[nH]c(=S)c3)[nH]2)cc1. The largest absolute Gasteiger partial charge is 0.353 e. The molecular formula is C14H10FN3S. The van der Waals surface area contributed by atoms with Crippen molar-refractivity contribution in [3.8, 4) is 22.6 Å². The average molecular weight is 271 g/mol. The average Bonchev–Trinajstić information content (AvgIpc) is 2.89. The molecule has 0 saturated heterocycles. The van der Waals surface area contributed by atoms with Crippen LogP contribution in [0.3, 0.4) is 0 Å². The van der Waals surface area contributed by atoms with E-state index in [0.29, 0.717) is 4.64 Å². The molecule has 0 atom stereocenters. The lowest BCUT2D eigenvalue weighted by molar-refractivity contribution is 0.628. The van der Waals surface area contributed by atoms with Crippen LogP contribution in [0, 0.1) is 10.5 Å². The van der Waals surface area contributed by atoms with Crippen molar-refractivity contribution < 1.29 is 4.39 Å². The third-order valence-electron chi connectivity index (χ3n) is 2.78. The molecule has 3 aromatic rings. The van der Waals surface area contributed by atoms with Crippen LogP contribution in [0.2, 0.25) is 0 Å². The molecule has 0 spiro atoms. The van der Waals surface area contributed by atoms with E-state index in [-0.39, 0.29) is 5.82 Å². The van der Waals surface area contributed by atoms with Gasteiger partial charge in [-0.1, -0.05) is 12.2 Å². The van der Waals surface area contributed by atoms with E-state index in [1.165, 1.54) is 12.1 Å². The van der Waals surface area contributed by atoms with Crippen LogP contribution in [-0.2, 0) is 0 Å². The summed E-state index contributed by atoms with van der Waals surface area (Å²) in [7, 11) is 0. The second-order valence-electron chi connectivity index (χ2n) is 4.09. The minimum absolute atomic E-state index is 0.252. The highest BCUT2D eigenvalue weighted by molar-refractivity contribution is 7.71. The van der Waals surface area contributed by atoms with Gasteiger partial charge in [0.1, 0.15) is 16.3 Å². The molecule has 0 aliphatic heterocycles. The van der Waals surface area contributed by atoms with E-state index in [4.69, 9.17) is 12.2 Å². The molecule has 1 aromatic carbocycles. The molecule has 19 heavy (non-hydrogen) atoms. The van der Waals surface area contributed by atoms with E-state index < -0.39 is 0 Å². The number of imidazole rings is 1. The van der Waals surface area contributed by atoms with Gasteiger partial charge in [-0.2, -0.15) is 0 Å². The molecule has 2 N–H and O–H groups in total. The molecule has 0 amide bonds. The van der Waals surface area contributed by atoms with Crippen molar-refractivity contribution in [2.75, 3.05) is 0 Å². The molecule has 0 aliphatic rings. The van der Waals surface area contributed by atoms with Gasteiger partial charge in [0.15, 0.2) is 0 Å². The van der Waals surface area contributed by atoms with E-state index in [1.54, 1.807) is 24.5 Å². The predicted molar refractivity (Wildman–Crippen MR) is 74.6 cm³/mol. The molecule has 0 saturated carbocycles. The first-order chi connectivity index (χ1) is 9.22. The van der Waals surface area contributed by atoms with Crippen LogP contribution in [-0.4, -0.2) is 15.0 Å². The summed E-state index contributed by atoms with van der Waals surface area (Å²) in [4.78, 5) is 10.4. The smallest absolute Gasteiger partial charge is 0.137 e. The fourth-order valence-corrected chi connectivity index (χ4v) is 2.03. The Bertz CT molecular complexity index is 759. The summed E-state index contributed by atoms with van der Waals surface area (Å²) in [5.74, 6) is 0.484. The minimum Gasteiger partial charge on any atom is -0.353 e. The first-order valence-electron chi connectivity index (χ1n) is 5.72. The van der Waals surface area contributed by atoms with Crippen molar-refractivity contribution in [1.82, 2.24) is 15.0 Å². The van der Waals surface area contributed by atoms with Crippen molar-refractivity contribution in [2.24, 2.45) is 0 Å². The van der Waals surface area contributed by atoms with Crippen molar-refractivity contribution in [3.63, 3.8) is 0 Å². The number of H-pyrrole nitrogens is 2. The lowest BCUT2D eigenvalue weighted by atomic mass is 10.2. The highest BCUT2D eigenvalue weighted by Gasteiger charge is 2.05. The van der Waals surface area contributed by atoms with Crippen molar-refractivity contribution in [2.45, 2.75) is 0 Å². The molecule has 0 bridgehead atoms. The number of halogens is 1. The molecular weight excluding hydrogens is 261 g/mol. The lowest BCUT2D eigenvalue weighted by Gasteiger charge is -1.98. The molecule has 3 rings (SSSR count). The number of aromatic nitrogens is 3. The van der Waals surface area contributed by atoms with Gasteiger partial charge < -0.3 is 9.97 Å². The summed E-state index contributed by atoms with van der Waals surface area (Å²) >= 11 is 5.08. The van der Waals surface area contributed by atoms with Crippen LogP contribution in [0.1, 0.15) is 0 Å².